The van der Waals surface area contributed by atoms with Crippen molar-refractivity contribution in [3.05, 3.63) is 36.4 Å². The standard InChI is InChI=1S/C15H13NO3/c17-11-5-3-10(4-6-11)16-14(18)12-8-1-2-9(7-8)13(12)15(16)19/h1-6,8-9,12-13,17H,7H2/t8-,9+,12+,13-. The van der Waals surface area contributed by atoms with Crippen LogP contribution in [0, 0.1) is 23.7 Å². The Hall–Kier alpha value is -2.10. The van der Waals surface area contributed by atoms with E-state index < -0.39 is 0 Å². The van der Waals surface area contributed by atoms with Crippen LogP contribution in [0.25, 0.3) is 0 Å². The minimum atomic E-state index is -0.170. The number of carbonyl (C=O) groups is 2. The van der Waals surface area contributed by atoms with E-state index in [4.69, 9.17) is 0 Å². The zero-order valence-corrected chi connectivity index (χ0v) is 10.2. The fraction of sp³-hybridized carbons (Fsp3) is 0.333. The quantitative estimate of drug-likeness (QED) is 0.614. The molecule has 0 aromatic heterocycles. The lowest BCUT2D eigenvalue weighted by molar-refractivity contribution is -0.123. The fourth-order valence-electron chi connectivity index (χ4n) is 3.76. The Balaban J connectivity index is 1.74. The lowest BCUT2D eigenvalue weighted by atomic mass is 9.85. The zero-order chi connectivity index (χ0) is 13.1. The van der Waals surface area contributed by atoms with Crippen molar-refractivity contribution in [3.63, 3.8) is 0 Å². The highest BCUT2D eigenvalue weighted by molar-refractivity contribution is 6.22. The number of phenols is 1. The maximum absolute atomic E-state index is 12.5. The molecule has 4 rings (SSSR count). The number of phenolic OH excluding ortho intramolecular Hbond substituents is 1. The molecule has 0 spiro atoms. The first kappa shape index (κ1) is 10.8. The van der Waals surface area contributed by atoms with E-state index in [9.17, 15) is 14.7 Å². The summed E-state index contributed by atoms with van der Waals surface area (Å²) in [5.74, 6) is 0.0783. The van der Waals surface area contributed by atoms with Gasteiger partial charge in [0.25, 0.3) is 0 Å². The summed E-state index contributed by atoms with van der Waals surface area (Å²) in [6.45, 7) is 0. The molecule has 1 aromatic rings. The summed E-state index contributed by atoms with van der Waals surface area (Å²) in [5.41, 5.74) is 0.557. The van der Waals surface area contributed by atoms with Gasteiger partial charge in [-0.05, 0) is 42.5 Å². The fourth-order valence-corrected chi connectivity index (χ4v) is 3.76. The SMILES string of the molecule is O=C1[C@@H]2[C@H](C(=O)N1c1ccc(O)cc1)[C@H]1C=C[C@@H]2C1. The van der Waals surface area contributed by atoms with E-state index in [1.165, 1.54) is 17.0 Å². The monoisotopic (exact) mass is 255 g/mol. The predicted octanol–water partition coefficient (Wildman–Crippen LogP) is 1.70. The summed E-state index contributed by atoms with van der Waals surface area (Å²) in [6, 6.07) is 6.22. The number of anilines is 1. The number of nitrogens with zero attached hydrogens (tertiary/aromatic N) is 1. The Labute approximate surface area is 110 Å². The lowest BCUT2D eigenvalue weighted by Gasteiger charge is -2.17. The predicted molar refractivity (Wildman–Crippen MR) is 68.3 cm³/mol. The third kappa shape index (κ3) is 1.28. The van der Waals surface area contributed by atoms with Crippen molar-refractivity contribution >= 4 is 17.5 Å². The van der Waals surface area contributed by atoms with Crippen molar-refractivity contribution in [2.45, 2.75) is 6.42 Å². The number of allylic oxidation sites excluding steroid dienone is 2. The molecule has 0 radical (unpaired) electrons. The molecule has 3 aliphatic rings. The minimum Gasteiger partial charge on any atom is -0.508 e. The smallest absolute Gasteiger partial charge is 0.238 e. The largest absolute Gasteiger partial charge is 0.508 e. The van der Waals surface area contributed by atoms with Gasteiger partial charge in [-0.2, -0.15) is 0 Å². The topological polar surface area (TPSA) is 57.6 Å². The number of amides is 2. The van der Waals surface area contributed by atoms with Crippen molar-refractivity contribution in [2.75, 3.05) is 4.90 Å². The first-order valence-corrected chi connectivity index (χ1v) is 6.52. The molecule has 19 heavy (non-hydrogen) atoms. The zero-order valence-electron chi connectivity index (χ0n) is 10.2. The molecule has 0 unspecified atom stereocenters. The van der Waals surface area contributed by atoms with Crippen LogP contribution in [0.2, 0.25) is 0 Å². The van der Waals surface area contributed by atoms with Gasteiger partial charge in [0.15, 0.2) is 0 Å². The molecule has 2 amide bonds. The number of fused-ring (bicyclic) bond motifs is 5. The summed E-state index contributed by atoms with van der Waals surface area (Å²) in [4.78, 5) is 26.3. The number of imide groups is 1. The van der Waals surface area contributed by atoms with E-state index >= 15 is 0 Å². The average Bonchev–Trinajstić information content (AvgIpc) is 3.06. The molecule has 1 heterocycles. The highest BCUT2D eigenvalue weighted by Gasteiger charge is 2.59. The molecule has 4 nitrogen and oxygen atoms in total. The van der Waals surface area contributed by atoms with Gasteiger partial charge in [-0.25, -0.2) is 0 Å². The van der Waals surface area contributed by atoms with Crippen LogP contribution in [0.1, 0.15) is 6.42 Å². The van der Waals surface area contributed by atoms with Gasteiger partial charge in [0.05, 0.1) is 17.5 Å². The van der Waals surface area contributed by atoms with Crippen molar-refractivity contribution in [1.82, 2.24) is 0 Å². The van der Waals surface area contributed by atoms with Gasteiger partial charge in [0.2, 0.25) is 11.8 Å². The molecule has 4 atom stereocenters. The maximum Gasteiger partial charge on any atom is 0.238 e. The van der Waals surface area contributed by atoms with E-state index in [0.717, 1.165) is 6.42 Å². The number of hydrogen-bond donors (Lipinski definition) is 1. The minimum absolute atomic E-state index is 0.0856. The number of aromatic hydroxyl groups is 1. The van der Waals surface area contributed by atoms with Gasteiger partial charge in [0, 0.05) is 0 Å². The Kier molecular flexibility index (Phi) is 1.97. The molecule has 2 aliphatic carbocycles. The average molecular weight is 255 g/mol. The van der Waals surface area contributed by atoms with Gasteiger partial charge in [-0.1, -0.05) is 12.2 Å². The summed E-state index contributed by atoms with van der Waals surface area (Å²) in [7, 11) is 0. The molecular weight excluding hydrogens is 242 g/mol. The van der Waals surface area contributed by atoms with E-state index in [1.807, 2.05) is 0 Å². The molecule has 1 aliphatic heterocycles. The summed E-state index contributed by atoms with van der Waals surface area (Å²) >= 11 is 0. The van der Waals surface area contributed by atoms with Crippen LogP contribution in [-0.2, 0) is 9.59 Å². The van der Waals surface area contributed by atoms with Crippen LogP contribution in [-0.4, -0.2) is 16.9 Å². The number of hydrogen-bond acceptors (Lipinski definition) is 3. The molecule has 1 saturated heterocycles. The highest BCUT2D eigenvalue weighted by Crippen LogP contribution is 2.53. The first-order valence-electron chi connectivity index (χ1n) is 6.52. The Morgan fingerprint density at radius 2 is 1.47 bits per heavy atom. The Morgan fingerprint density at radius 1 is 0.947 bits per heavy atom. The van der Waals surface area contributed by atoms with Crippen molar-refractivity contribution in [3.8, 4) is 5.75 Å². The molecule has 2 bridgehead atoms. The van der Waals surface area contributed by atoms with Gasteiger partial charge in [0.1, 0.15) is 5.75 Å². The molecule has 1 N–H and O–H groups in total. The first-order chi connectivity index (χ1) is 9.16. The van der Waals surface area contributed by atoms with E-state index in [1.54, 1.807) is 12.1 Å². The van der Waals surface area contributed by atoms with Gasteiger partial charge >= 0.3 is 0 Å². The van der Waals surface area contributed by atoms with Crippen molar-refractivity contribution in [2.24, 2.45) is 23.7 Å². The van der Waals surface area contributed by atoms with Gasteiger partial charge in [-0.3, -0.25) is 14.5 Å². The number of benzene rings is 1. The molecule has 2 fully saturated rings. The van der Waals surface area contributed by atoms with E-state index in [2.05, 4.69) is 12.2 Å². The second kappa shape index (κ2) is 3.47. The normalized spacial score (nSPS) is 35.3. The number of rotatable bonds is 1. The third-order valence-electron chi connectivity index (χ3n) is 4.58. The molecule has 4 heteroatoms. The van der Waals surface area contributed by atoms with Crippen molar-refractivity contribution in [1.29, 1.82) is 0 Å². The van der Waals surface area contributed by atoms with Crippen LogP contribution in [0.4, 0.5) is 5.69 Å². The Morgan fingerprint density at radius 3 is 2.00 bits per heavy atom. The Bertz CT molecular complexity index is 574. The highest BCUT2D eigenvalue weighted by atomic mass is 16.3. The van der Waals surface area contributed by atoms with E-state index in [0.29, 0.717) is 5.69 Å². The van der Waals surface area contributed by atoms with Crippen LogP contribution >= 0.6 is 0 Å². The van der Waals surface area contributed by atoms with Crippen molar-refractivity contribution < 1.29 is 14.7 Å². The van der Waals surface area contributed by atoms with Crippen LogP contribution in [0.3, 0.4) is 0 Å². The van der Waals surface area contributed by atoms with Crippen LogP contribution in [0.15, 0.2) is 36.4 Å². The summed E-state index contributed by atoms with van der Waals surface area (Å²) in [6.07, 6.45) is 5.10. The summed E-state index contributed by atoms with van der Waals surface area (Å²) in [5, 5.41) is 9.29. The second-order valence-electron chi connectivity index (χ2n) is 5.53. The van der Waals surface area contributed by atoms with Gasteiger partial charge in [-0.15, -0.1) is 0 Å². The molecular formula is C15H13NO3. The molecule has 1 saturated carbocycles. The lowest BCUT2D eigenvalue weighted by Crippen LogP contribution is -2.32. The third-order valence-corrected chi connectivity index (χ3v) is 4.58. The van der Waals surface area contributed by atoms with Crippen LogP contribution < -0.4 is 4.90 Å². The maximum atomic E-state index is 12.5. The number of carbonyl (C=O) groups excluding carboxylic acids is 2. The van der Waals surface area contributed by atoms with E-state index in [-0.39, 0.29) is 41.2 Å². The molecule has 96 valence electrons. The van der Waals surface area contributed by atoms with Crippen LogP contribution in [0.5, 0.6) is 5.75 Å². The second-order valence-corrected chi connectivity index (χ2v) is 5.53. The van der Waals surface area contributed by atoms with Gasteiger partial charge < -0.3 is 5.11 Å². The summed E-state index contributed by atoms with van der Waals surface area (Å²) < 4.78 is 0. The molecule has 1 aromatic carbocycles.